The molecular formula is C13H16ClNO. The summed E-state index contributed by atoms with van der Waals surface area (Å²) in [5, 5.41) is 2.00. The molecule has 86 valence electrons. The van der Waals surface area contributed by atoms with Crippen molar-refractivity contribution in [1.29, 1.82) is 0 Å². The second-order valence-electron chi connectivity index (χ2n) is 4.25. The molecule has 0 spiro atoms. The maximum Gasteiger partial charge on any atom is 0.0733 e. The molecule has 2 aromatic rings. The van der Waals surface area contributed by atoms with Gasteiger partial charge in [0.15, 0.2) is 0 Å². The Balaban J connectivity index is 2.66. The van der Waals surface area contributed by atoms with E-state index < -0.39 is 0 Å². The van der Waals surface area contributed by atoms with Gasteiger partial charge in [-0.1, -0.05) is 17.7 Å². The summed E-state index contributed by atoms with van der Waals surface area (Å²) in [7, 11) is 1.72. The first-order valence-electron chi connectivity index (χ1n) is 5.41. The van der Waals surface area contributed by atoms with Crippen LogP contribution in [0.2, 0.25) is 5.02 Å². The summed E-state index contributed by atoms with van der Waals surface area (Å²) in [6.45, 7) is 4.96. The van der Waals surface area contributed by atoms with Crippen molar-refractivity contribution in [3.63, 3.8) is 0 Å². The number of aromatic nitrogens is 1. The van der Waals surface area contributed by atoms with Crippen LogP contribution in [-0.4, -0.2) is 11.7 Å². The summed E-state index contributed by atoms with van der Waals surface area (Å²) in [6.07, 6.45) is 2.15. The lowest BCUT2D eigenvalue weighted by Crippen LogP contribution is -1.97. The van der Waals surface area contributed by atoms with Crippen molar-refractivity contribution in [1.82, 2.24) is 4.57 Å². The predicted molar refractivity (Wildman–Crippen MR) is 68.0 cm³/mol. The molecule has 2 rings (SSSR count). The van der Waals surface area contributed by atoms with Crippen molar-refractivity contribution < 1.29 is 4.74 Å². The molecule has 1 heterocycles. The van der Waals surface area contributed by atoms with Crippen LogP contribution in [0.4, 0.5) is 0 Å². The molecule has 0 aliphatic rings. The van der Waals surface area contributed by atoms with Gasteiger partial charge in [0, 0.05) is 35.3 Å². The first-order valence-corrected chi connectivity index (χ1v) is 5.79. The minimum absolute atomic E-state index is 0.423. The monoisotopic (exact) mass is 237 g/mol. The Hall–Kier alpha value is -0.990. The molecule has 3 heteroatoms. The highest BCUT2D eigenvalue weighted by Crippen LogP contribution is 2.27. The van der Waals surface area contributed by atoms with Crippen LogP contribution in [0.5, 0.6) is 0 Å². The van der Waals surface area contributed by atoms with Crippen LogP contribution >= 0.6 is 11.6 Å². The van der Waals surface area contributed by atoms with Crippen molar-refractivity contribution in [2.75, 3.05) is 7.11 Å². The maximum atomic E-state index is 6.04. The first kappa shape index (κ1) is 11.5. The third-order valence-corrected chi connectivity index (χ3v) is 2.97. The van der Waals surface area contributed by atoms with Gasteiger partial charge in [-0.3, -0.25) is 0 Å². The number of fused-ring (bicyclic) bond motifs is 1. The molecule has 2 nitrogen and oxygen atoms in total. The molecule has 0 amide bonds. The topological polar surface area (TPSA) is 14.2 Å². The van der Waals surface area contributed by atoms with E-state index in [0.29, 0.717) is 12.6 Å². The van der Waals surface area contributed by atoms with Gasteiger partial charge < -0.3 is 9.30 Å². The number of ether oxygens (including phenoxy) is 1. The Bertz CT molecular complexity index is 502. The predicted octanol–water partition coefficient (Wildman–Crippen LogP) is 4.02. The maximum absolute atomic E-state index is 6.04. The number of rotatable bonds is 3. The fourth-order valence-corrected chi connectivity index (χ4v) is 2.16. The summed E-state index contributed by atoms with van der Waals surface area (Å²) >= 11 is 6.04. The van der Waals surface area contributed by atoms with Crippen LogP contribution in [0.15, 0.2) is 24.4 Å². The zero-order valence-corrected chi connectivity index (χ0v) is 10.6. The molecule has 0 radical (unpaired) electrons. The Labute approximate surface area is 101 Å². The van der Waals surface area contributed by atoms with Crippen LogP contribution in [0.1, 0.15) is 25.5 Å². The normalized spacial score (nSPS) is 11.6. The summed E-state index contributed by atoms with van der Waals surface area (Å²) in [6, 6.07) is 6.42. The van der Waals surface area contributed by atoms with Gasteiger partial charge in [0.25, 0.3) is 0 Å². The lowest BCUT2D eigenvalue weighted by Gasteiger charge is -2.08. The van der Waals surface area contributed by atoms with Gasteiger partial charge in [0.2, 0.25) is 0 Å². The van der Waals surface area contributed by atoms with Gasteiger partial charge in [-0.05, 0) is 26.0 Å². The van der Waals surface area contributed by atoms with Crippen molar-refractivity contribution in [3.05, 3.63) is 35.0 Å². The molecule has 0 N–H and O–H groups in total. The zero-order chi connectivity index (χ0) is 11.7. The van der Waals surface area contributed by atoms with Crippen molar-refractivity contribution >= 4 is 22.5 Å². The van der Waals surface area contributed by atoms with Gasteiger partial charge in [0.1, 0.15) is 0 Å². The average molecular weight is 238 g/mol. The van der Waals surface area contributed by atoms with Gasteiger partial charge in [-0.2, -0.15) is 0 Å². The van der Waals surface area contributed by atoms with E-state index in [2.05, 4.69) is 30.7 Å². The largest absolute Gasteiger partial charge is 0.380 e. The number of hydrogen-bond acceptors (Lipinski definition) is 1. The van der Waals surface area contributed by atoms with E-state index in [0.717, 1.165) is 5.02 Å². The second kappa shape index (κ2) is 4.48. The highest BCUT2D eigenvalue weighted by Gasteiger charge is 2.10. The van der Waals surface area contributed by atoms with Crippen LogP contribution in [0.3, 0.4) is 0 Å². The Morgan fingerprint density at radius 3 is 2.75 bits per heavy atom. The van der Waals surface area contributed by atoms with Gasteiger partial charge in [0.05, 0.1) is 12.1 Å². The number of hydrogen-bond donors (Lipinski definition) is 0. The van der Waals surface area contributed by atoms with E-state index in [-0.39, 0.29) is 0 Å². The highest BCUT2D eigenvalue weighted by atomic mass is 35.5. The van der Waals surface area contributed by atoms with Crippen LogP contribution < -0.4 is 0 Å². The molecule has 0 unspecified atom stereocenters. The standard InChI is InChI=1S/C13H16ClNO/c1-9(2)15-7-10(8-16-3)12-5-4-11(14)6-13(12)15/h4-7,9H,8H2,1-3H3. The SMILES string of the molecule is COCc1cn(C(C)C)c2cc(Cl)ccc12. The molecule has 1 aromatic carbocycles. The minimum atomic E-state index is 0.423. The molecule has 0 aliphatic carbocycles. The molecule has 0 fully saturated rings. The fraction of sp³-hybridized carbons (Fsp3) is 0.385. The van der Waals surface area contributed by atoms with E-state index in [1.165, 1.54) is 16.5 Å². The number of nitrogens with zero attached hydrogens (tertiary/aromatic N) is 1. The third-order valence-electron chi connectivity index (χ3n) is 2.74. The van der Waals surface area contributed by atoms with Crippen LogP contribution in [0.25, 0.3) is 10.9 Å². The van der Waals surface area contributed by atoms with Crippen molar-refractivity contribution in [3.8, 4) is 0 Å². The fourth-order valence-electron chi connectivity index (χ4n) is 1.99. The van der Waals surface area contributed by atoms with E-state index in [1.807, 2.05) is 12.1 Å². The van der Waals surface area contributed by atoms with Crippen molar-refractivity contribution in [2.45, 2.75) is 26.5 Å². The molecule has 0 bridgehead atoms. The van der Waals surface area contributed by atoms with Crippen molar-refractivity contribution in [2.24, 2.45) is 0 Å². The number of halogens is 1. The van der Waals surface area contributed by atoms with E-state index in [1.54, 1.807) is 7.11 Å². The molecule has 1 aromatic heterocycles. The van der Waals surface area contributed by atoms with E-state index in [9.17, 15) is 0 Å². The second-order valence-corrected chi connectivity index (χ2v) is 4.69. The zero-order valence-electron chi connectivity index (χ0n) is 9.83. The molecule has 0 aliphatic heterocycles. The Morgan fingerprint density at radius 2 is 2.12 bits per heavy atom. The summed E-state index contributed by atoms with van der Waals surface area (Å²) < 4.78 is 7.44. The lowest BCUT2D eigenvalue weighted by molar-refractivity contribution is 0.185. The van der Waals surface area contributed by atoms with Gasteiger partial charge >= 0.3 is 0 Å². The first-order chi connectivity index (χ1) is 7.63. The quantitative estimate of drug-likeness (QED) is 0.787. The van der Waals surface area contributed by atoms with Gasteiger partial charge in [-0.15, -0.1) is 0 Å². The lowest BCUT2D eigenvalue weighted by atomic mass is 10.2. The van der Waals surface area contributed by atoms with E-state index >= 15 is 0 Å². The molecule has 0 saturated carbocycles. The van der Waals surface area contributed by atoms with Gasteiger partial charge in [-0.25, -0.2) is 0 Å². The summed E-state index contributed by atoms with van der Waals surface area (Å²) in [4.78, 5) is 0. The average Bonchev–Trinajstić information content (AvgIpc) is 2.57. The smallest absolute Gasteiger partial charge is 0.0733 e. The molecular weight excluding hydrogens is 222 g/mol. The van der Waals surface area contributed by atoms with Crippen LogP contribution in [-0.2, 0) is 11.3 Å². The minimum Gasteiger partial charge on any atom is -0.380 e. The Morgan fingerprint density at radius 1 is 1.38 bits per heavy atom. The molecule has 0 atom stereocenters. The molecule has 16 heavy (non-hydrogen) atoms. The third kappa shape index (κ3) is 1.95. The highest BCUT2D eigenvalue weighted by molar-refractivity contribution is 6.31. The molecule has 0 saturated heterocycles. The Kier molecular flexibility index (Phi) is 3.22. The van der Waals surface area contributed by atoms with Crippen LogP contribution in [0, 0.1) is 0 Å². The number of methoxy groups -OCH3 is 1. The number of benzene rings is 1. The van der Waals surface area contributed by atoms with E-state index in [4.69, 9.17) is 16.3 Å². The summed E-state index contributed by atoms with van der Waals surface area (Å²) in [5.74, 6) is 0. The summed E-state index contributed by atoms with van der Waals surface area (Å²) in [5.41, 5.74) is 2.39.